The number of piperidine rings is 2. The minimum absolute atomic E-state index is 0.0717. The van der Waals surface area contributed by atoms with E-state index in [9.17, 15) is 14.3 Å². The van der Waals surface area contributed by atoms with Gasteiger partial charge in [-0.3, -0.25) is 9.69 Å². The largest absolute Gasteiger partial charge is 0.391 e. The van der Waals surface area contributed by atoms with Crippen LogP contribution in [-0.4, -0.2) is 46.6 Å². The van der Waals surface area contributed by atoms with E-state index in [4.69, 9.17) is 0 Å². The van der Waals surface area contributed by atoms with Crippen molar-refractivity contribution in [1.82, 2.24) is 15.2 Å². The van der Waals surface area contributed by atoms with Crippen LogP contribution in [0.2, 0.25) is 0 Å². The predicted molar refractivity (Wildman–Crippen MR) is 74.8 cm³/mol. The first kappa shape index (κ1) is 14.4. The Balaban J connectivity index is 1.61. The highest BCUT2D eigenvalue weighted by molar-refractivity contribution is 5.83. The van der Waals surface area contributed by atoms with Crippen molar-refractivity contribution in [3.63, 3.8) is 0 Å². The maximum Gasteiger partial charge on any atom is 0.226 e. The monoisotopic (exact) mass is 293 g/mol. The first-order valence-corrected chi connectivity index (χ1v) is 7.37. The van der Waals surface area contributed by atoms with E-state index >= 15 is 0 Å². The predicted octanol–water partition coefficient (Wildman–Crippen LogP) is 0.684. The van der Waals surface area contributed by atoms with Gasteiger partial charge in [0.2, 0.25) is 11.9 Å². The number of amides is 1. The van der Waals surface area contributed by atoms with Crippen molar-refractivity contribution in [2.24, 2.45) is 5.41 Å². The number of nitrogens with one attached hydrogen (secondary N) is 1. The van der Waals surface area contributed by atoms with E-state index in [-0.39, 0.29) is 5.91 Å². The molecule has 2 aliphatic rings. The highest BCUT2D eigenvalue weighted by Gasteiger charge is 2.45. The second-order valence-corrected chi connectivity index (χ2v) is 6.11. The second kappa shape index (κ2) is 5.69. The van der Waals surface area contributed by atoms with Gasteiger partial charge in [-0.1, -0.05) is 0 Å². The average molecular weight is 293 g/mol. The fraction of sp³-hybridized carbons (Fsp3) is 0.600. The number of aromatic nitrogens is 1. The van der Waals surface area contributed by atoms with E-state index in [0.29, 0.717) is 19.5 Å². The number of nitrogens with zero attached hydrogens (tertiary/aromatic N) is 2. The van der Waals surface area contributed by atoms with Crippen molar-refractivity contribution >= 4 is 5.91 Å². The van der Waals surface area contributed by atoms with Gasteiger partial charge in [-0.2, -0.15) is 4.39 Å². The van der Waals surface area contributed by atoms with Crippen LogP contribution < -0.4 is 5.32 Å². The van der Waals surface area contributed by atoms with Gasteiger partial charge in [-0.15, -0.1) is 0 Å². The molecular weight excluding hydrogens is 273 g/mol. The van der Waals surface area contributed by atoms with E-state index < -0.39 is 17.5 Å². The number of pyridine rings is 1. The summed E-state index contributed by atoms with van der Waals surface area (Å²) in [5.41, 5.74) is 0.476. The van der Waals surface area contributed by atoms with Gasteiger partial charge in [0.15, 0.2) is 0 Å². The Bertz CT molecular complexity index is 529. The normalized spacial score (nSPS) is 25.8. The quantitative estimate of drug-likeness (QED) is 0.787. The summed E-state index contributed by atoms with van der Waals surface area (Å²) in [5, 5.41) is 12.6. The molecule has 1 spiro atoms. The number of carbonyl (C=O) groups is 1. The topological polar surface area (TPSA) is 65.5 Å². The first-order valence-electron chi connectivity index (χ1n) is 7.37. The summed E-state index contributed by atoms with van der Waals surface area (Å²) in [5.74, 6) is -0.391. The zero-order valence-electron chi connectivity index (χ0n) is 11.9. The Morgan fingerprint density at radius 3 is 2.95 bits per heavy atom. The Hall–Kier alpha value is -1.53. The number of likely N-dealkylation sites (tertiary alicyclic amines) is 1. The zero-order valence-corrected chi connectivity index (χ0v) is 11.9. The average Bonchev–Trinajstić information content (AvgIpc) is 2.46. The van der Waals surface area contributed by atoms with Gasteiger partial charge in [-0.25, -0.2) is 4.98 Å². The molecule has 6 heteroatoms. The molecule has 1 unspecified atom stereocenters. The van der Waals surface area contributed by atoms with E-state index in [1.54, 1.807) is 0 Å². The van der Waals surface area contributed by atoms with Gasteiger partial charge in [0.1, 0.15) is 0 Å². The third-order valence-corrected chi connectivity index (χ3v) is 4.62. The number of carbonyl (C=O) groups excluding carboxylic acids is 1. The lowest BCUT2D eigenvalue weighted by Gasteiger charge is -2.44. The Morgan fingerprint density at radius 1 is 1.48 bits per heavy atom. The highest BCUT2D eigenvalue weighted by atomic mass is 19.1. The third kappa shape index (κ3) is 3.06. The minimum atomic E-state index is -0.462. The molecule has 3 rings (SSSR count). The molecule has 1 aromatic rings. The van der Waals surface area contributed by atoms with Gasteiger partial charge >= 0.3 is 0 Å². The molecule has 3 heterocycles. The molecule has 0 aliphatic carbocycles. The van der Waals surface area contributed by atoms with Crippen molar-refractivity contribution in [1.29, 1.82) is 0 Å². The van der Waals surface area contributed by atoms with Crippen LogP contribution in [0.3, 0.4) is 0 Å². The van der Waals surface area contributed by atoms with Crippen LogP contribution in [0.15, 0.2) is 18.3 Å². The van der Waals surface area contributed by atoms with Crippen LogP contribution in [0.5, 0.6) is 0 Å². The third-order valence-electron chi connectivity index (χ3n) is 4.62. The lowest BCUT2D eigenvalue weighted by atomic mass is 9.71. The minimum Gasteiger partial charge on any atom is -0.391 e. The number of aliphatic hydroxyl groups excluding tert-OH is 1. The summed E-state index contributed by atoms with van der Waals surface area (Å²) in [6, 6.07) is 3.26. The Labute approximate surface area is 123 Å². The molecule has 1 atom stereocenters. The van der Waals surface area contributed by atoms with Crippen LogP contribution in [0, 0.1) is 11.4 Å². The van der Waals surface area contributed by atoms with Gasteiger partial charge < -0.3 is 10.4 Å². The first-order chi connectivity index (χ1) is 10.1. The van der Waals surface area contributed by atoms with Crippen molar-refractivity contribution in [2.75, 3.05) is 19.6 Å². The Kier molecular flexibility index (Phi) is 3.91. The standard InChI is InChI=1S/C15H20FN3O2/c16-13-7-11(1-4-17-13)10-19-5-2-15(3-6-19)8-12(20)9-18-14(15)21/h1,4,7,12,20H,2-3,5-6,8-10H2,(H,18,21). The number of rotatable bonds is 2. The lowest BCUT2D eigenvalue weighted by molar-refractivity contribution is -0.141. The zero-order chi connectivity index (χ0) is 14.9. The van der Waals surface area contributed by atoms with Crippen molar-refractivity contribution in [2.45, 2.75) is 31.9 Å². The van der Waals surface area contributed by atoms with Crippen LogP contribution in [0.4, 0.5) is 4.39 Å². The second-order valence-electron chi connectivity index (χ2n) is 6.11. The molecule has 2 fully saturated rings. The molecule has 0 saturated carbocycles. The fourth-order valence-electron chi connectivity index (χ4n) is 3.38. The van der Waals surface area contributed by atoms with E-state index in [2.05, 4.69) is 15.2 Å². The molecule has 0 aromatic carbocycles. The Morgan fingerprint density at radius 2 is 2.24 bits per heavy atom. The molecule has 0 radical (unpaired) electrons. The van der Waals surface area contributed by atoms with E-state index in [1.807, 2.05) is 6.07 Å². The van der Waals surface area contributed by atoms with Crippen LogP contribution in [0.1, 0.15) is 24.8 Å². The summed E-state index contributed by atoms with van der Waals surface area (Å²) in [7, 11) is 0. The summed E-state index contributed by atoms with van der Waals surface area (Å²) in [6.07, 6.45) is 3.06. The number of β-amino-alcohol motifs (C(OH)–C–C–N with tert-alkyl or cyclic N) is 1. The van der Waals surface area contributed by atoms with Crippen molar-refractivity contribution in [3.8, 4) is 0 Å². The lowest BCUT2D eigenvalue weighted by Crippen LogP contribution is -2.55. The van der Waals surface area contributed by atoms with Crippen LogP contribution in [0.25, 0.3) is 0 Å². The highest BCUT2D eigenvalue weighted by Crippen LogP contribution is 2.38. The van der Waals surface area contributed by atoms with Crippen molar-refractivity contribution in [3.05, 3.63) is 29.8 Å². The maximum absolute atomic E-state index is 13.1. The SMILES string of the molecule is O=C1NCC(O)CC12CCN(Cc1ccnc(F)c1)CC2. The van der Waals surface area contributed by atoms with Crippen LogP contribution in [-0.2, 0) is 11.3 Å². The molecule has 2 aliphatic heterocycles. The number of aliphatic hydroxyl groups is 1. The summed E-state index contributed by atoms with van der Waals surface area (Å²) in [4.78, 5) is 17.9. The number of hydrogen-bond acceptors (Lipinski definition) is 4. The molecule has 2 N–H and O–H groups in total. The van der Waals surface area contributed by atoms with Crippen LogP contribution >= 0.6 is 0 Å². The molecule has 5 nitrogen and oxygen atoms in total. The molecule has 1 aromatic heterocycles. The van der Waals surface area contributed by atoms with Gasteiger partial charge in [0, 0.05) is 19.3 Å². The van der Waals surface area contributed by atoms with Gasteiger partial charge in [0.25, 0.3) is 0 Å². The van der Waals surface area contributed by atoms with E-state index in [1.165, 1.54) is 12.3 Å². The number of hydrogen-bond donors (Lipinski definition) is 2. The van der Waals surface area contributed by atoms with Gasteiger partial charge in [0.05, 0.1) is 11.5 Å². The summed E-state index contributed by atoms with van der Waals surface area (Å²) >= 11 is 0. The van der Waals surface area contributed by atoms with Crippen molar-refractivity contribution < 1.29 is 14.3 Å². The van der Waals surface area contributed by atoms with E-state index in [0.717, 1.165) is 31.5 Å². The molecule has 0 bridgehead atoms. The molecular formula is C15H20FN3O2. The summed E-state index contributed by atoms with van der Waals surface area (Å²) < 4.78 is 13.1. The van der Waals surface area contributed by atoms with Gasteiger partial charge in [-0.05, 0) is 50.0 Å². The maximum atomic E-state index is 13.1. The summed E-state index contributed by atoms with van der Waals surface area (Å²) in [6.45, 7) is 2.59. The smallest absolute Gasteiger partial charge is 0.226 e. The number of halogens is 1. The molecule has 114 valence electrons. The molecule has 2 saturated heterocycles. The molecule has 1 amide bonds. The molecule has 21 heavy (non-hydrogen) atoms. The fourth-order valence-corrected chi connectivity index (χ4v) is 3.38.